The normalized spacial score (nSPS) is 11.1. The first kappa shape index (κ1) is 11.7. The van der Waals surface area contributed by atoms with Crippen LogP contribution in [0.25, 0.3) is 16.9 Å². The van der Waals surface area contributed by atoms with Crippen LogP contribution in [-0.4, -0.2) is 19.5 Å². The molecule has 0 spiro atoms. The molecule has 1 aromatic carbocycles. The minimum Gasteiger partial charge on any atom is -0.494 e. The summed E-state index contributed by atoms with van der Waals surface area (Å²) in [4.78, 5) is 18.2. The summed E-state index contributed by atoms with van der Waals surface area (Å²) < 4.78 is 15.1. The molecule has 0 amide bonds. The predicted molar refractivity (Wildman–Crippen MR) is 67.9 cm³/mol. The molecule has 3 rings (SSSR count). The maximum atomic E-state index is 13.8. The molecule has 0 aliphatic rings. The van der Waals surface area contributed by atoms with E-state index in [1.54, 1.807) is 0 Å². The van der Waals surface area contributed by atoms with Crippen molar-refractivity contribution in [1.82, 2.24) is 14.4 Å². The molecule has 0 aliphatic carbocycles. The van der Waals surface area contributed by atoms with Crippen LogP contribution >= 0.6 is 11.6 Å². The predicted octanol–water partition coefficient (Wildman–Crippen LogP) is 2.19. The quantitative estimate of drug-likeness (QED) is 0.717. The number of halogens is 2. The van der Waals surface area contributed by atoms with Gasteiger partial charge < -0.3 is 5.11 Å². The van der Waals surface area contributed by atoms with Crippen LogP contribution < -0.4 is 5.56 Å². The second kappa shape index (κ2) is 4.10. The van der Waals surface area contributed by atoms with Crippen molar-refractivity contribution in [3.63, 3.8) is 0 Å². The zero-order valence-corrected chi connectivity index (χ0v) is 10.1. The largest absolute Gasteiger partial charge is 0.494 e. The van der Waals surface area contributed by atoms with E-state index in [1.807, 2.05) is 0 Å². The van der Waals surface area contributed by atoms with Crippen LogP contribution in [0, 0.1) is 5.82 Å². The number of imidazole rings is 1. The molecule has 2 N–H and O–H groups in total. The Kier molecular flexibility index (Phi) is 2.53. The van der Waals surface area contributed by atoms with Gasteiger partial charge in [0.25, 0.3) is 5.56 Å². The molecular weight excluding hydrogens is 273 g/mol. The highest BCUT2D eigenvalue weighted by Gasteiger charge is 2.20. The second-order valence-electron chi connectivity index (χ2n) is 3.87. The van der Waals surface area contributed by atoms with Crippen molar-refractivity contribution in [3.05, 3.63) is 51.8 Å². The molecule has 0 saturated carbocycles. The highest BCUT2D eigenvalue weighted by atomic mass is 35.5. The SMILES string of the molecule is O=c1[nH]c2nccn2c(O)c1-c1c(F)cccc1Cl. The van der Waals surface area contributed by atoms with Crippen LogP contribution in [0.4, 0.5) is 4.39 Å². The average Bonchev–Trinajstić information content (AvgIpc) is 2.81. The van der Waals surface area contributed by atoms with Gasteiger partial charge in [-0.3, -0.25) is 14.2 Å². The topological polar surface area (TPSA) is 70.4 Å². The van der Waals surface area contributed by atoms with Crippen molar-refractivity contribution in [1.29, 1.82) is 0 Å². The minimum atomic E-state index is -0.687. The van der Waals surface area contributed by atoms with Gasteiger partial charge in [0.15, 0.2) is 0 Å². The highest BCUT2D eigenvalue weighted by Crippen LogP contribution is 2.33. The van der Waals surface area contributed by atoms with Gasteiger partial charge in [-0.25, -0.2) is 9.37 Å². The smallest absolute Gasteiger partial charge is 0.264 e. The van der Waals surface area contributed by atoms with Crippen molar-refractivity contribution < 1.29 is 9.50 Å². The van der Waals surface area contributed by atoms with Crippen molar-refractivity contribution in [2.24, 2.45) is 0 Å². The highest BCUT2D eigenvalue weighted by molar-refractivity contribution is 6.33. The maximum absolute atomic E-state index is 13.8. The zero-order valence-electron chi connectivity index (χ0n) is 9.39. The molecule has 19 heavy (non-hydrogen) atoms. The Hall–Kier alpha value is -2.34. The number of aromatic amines is 1. The lowest BCUT2D eigenvalue weighted by molar-refractivity contribution is 0.445. The molecule has 0 fully saturated rings. The summed E-state index contributed by atoms with van der Waals surface area (Å²) in [6.07, 6.45) is 2.84. The summed E-state index contributed by atoms with van der Waals surface area (Å²) in [6.45, 7) is 0. The van der Waals surface area contributed by atoms with E-state index in [-0.39, 0.29) is 21.9 Å². The van der Waals surface area contributed by atoms with Crippen LogP contribution in [0.1, 0.15) is 0 Å². The van der Waals surface area contributed by atoms with Gasteiger partial charge in [0.2, 0.25) is 11.7 Å². The van der Waals surface area contributed by atoms with Gasteiger partial charge in [0, 0.05) is 18.0 Å². The fourth-order valence-corrected chi connectivity index (χ4v) is 2.17. The summed E-state index contributed by atoms with van der Waals surface area (Å²) in [6, 6.07) is 4.03. The number of nitrogens with zero attached hydrogens (tertiary/aromatic N) is 2. The Labute approximate surface area is 110 Å². The molecule has 0 radical (unpaired) electrons. The standard InChI is InChI=1S/C12H7ClFN3O2/c13-6-2-1-3-7(14)8(6)9-10(18)16-12-15-4-5-17(12)11(9)19/h1-5,19H,(H,15,16,18). The van der Waals surface area contributed by atoms with Crippen molar-refractivity contribution in [3.8, 4) is 17.0 Å². The van der Waals surface area contributed by atoms with Crippen LogP contribution in [0.3, 0.4) is 0 Å². The lowest BCUT2D eigenvalue weighted by atomic mass is 10.1. The Morgan fingerprint density at radius 3 is 2.89 bits per heavy atom. The first-order chi connectivity index (χ1) is 9.09. The molecule has 7 heteroatoms. The van der Waals surface area contributed by atoms with Crippen LogP contribution in [-0.2, 0) is 0 Å². The van der Waals surface area contributed by atoms with Gasteiger partial charge in [-0.15, -0.1) is 0 Å². The number of rotatable bonds is 1. The number of aromatic nitrogens is 3. The molecule has 2 aromatic heterocycles. The Balaban J connectivity index is 2.46. The number of hydrogen-bond acceptors (Lipinski definition) is 3. The lowest BCUT2D eigenvalue weighted by Gasteiger charge is -2.08. The van der Waals surface area contributed by atoms with Gasteiger partial charge >= 0.3 is 0 Å². The second-order valence-corrected chi connectivity index (χ2v) is 4.28. The van der Waals surface area contributed by atoms with Crippen molar-refractivity contribution in [2.75, 3.05) is 0 Å². The van der Waals surface area contributed by atoms with E-state index in [2.05, 4.69) is 9.97 Å². The van der Waals surface area contributed by atoms with E-state index in [0.717, 1.165) is 6.07 Å². The van der Waals surface area contributed by atoms with E-state index in [0.29, 0.717) is 0 Å². The number of aromatic hydroxyl groups is 1. The molecule has 96 valence electrons. The van der Waals surface area contributed by atoms with Gasteiger partial charge in [-0.05, 0) is 12.1 Å². The summed E-state index contributed by atoms with van der Waals surface area (Å²) in [5, 5.41) is 10.1. The lowest BCUT2D eigenvalue weighted by Crippen LogP contribution is -2.13. The molecule has 0 bridgehead atoms. The van der Waals surface area contributed by atoms with Crippen LogP contribution in [0.5, 0.6) is 5.88 Å². The number of H-pyrrole nitrogens is 1. The summed E-state index contributed by atoms with van der Waals surface area (Å²) in [5.41, 5.74) is -1.03. The van der Waals surface area contributed by atoms with E-state index >= 15 is 0 Å². The van der Waals surface area contributed by atoms with Crippen LogP contribution in [0.15, 0.2) is 35.4 Å². The minimum absolute atomic E-state index is 0.0419. The maximum Gasteiger partial charge on any atom is 0.264 e. The molecule has 0 aliphatic heterocycles. The fraction of sp³-hybridized carbons (Fsp3) is 0. The molecule has 0 atom stereocenters. The van der Waals surface area contributed by atoms with Gasteiger partial charge in [0.05, 0.1) is 5.02 Å². The Morgan fingerprint density at radius 1 is 1.37 bits per heavy atom. The molecule has 3 aromatic rings. The third kappa shape index (κ3) is 1.68. The summed E-state index contributed by atoms with van der Waals surface area (Å²) in [5.74, 6) is -0.935. The van der Waals surface area contributed by atoms with Crippen molar-refractivity contribution in [2.45, 2.75) is 0 Å². The van der Waals surface area contributed by atoms with E-state index in [1.165, 1.54) is 28.9 Å². The van der Waals surface area contributed by atoms with Gasteiger partial charge in [0.1, 0.15) is 11.4 Å². The van der Waals surface area contributed by atoms with Gasteiger partial charge in [-0.2, -0.15) is 0 Å². The molecule has 0 saturated heterocycles. The summed E-state index contributed by atoms with van der Waals surface area (Å²) in [7, 11) is 0. The molecule has 5 nitrogen and oxygen atoms in total. The zero-order chi connectivity index (χ0) is 13.6. The number of hydrogen-bond donors (Lipinski definition) is 2. The number of fused-ring (bicyclic) bond motifs is 1. The van der Waals surface area contributed by atoms with Gasteiger partial charge in [-0.1, -0.05) is 17.7 Å². The van der Waals surface area contributed by atoms with Crippen molar-refractivity contribution >= 4 is 17.4 Å². The third-order valence-electron chi connectivity index (χ3n) is 2.76. The number of benzene rings is 1. The van der Waals surface area contributed by atoms with E-state index in [4.69, 9.17) is 11.6 Å². The summed E-state index contributed by atoms with van der Waals surface area (Å²) >= 11 is 5.90. The fourth-order valence-electron chi connectivity index (χ4n) is 1.91. The first-order valence-corrected chi connectivity index (χ1v) is 5.70. The Bertz CT molecular complexity index is 820. The third-order valence-corrected chi connectivity index (χ3v) is 3.07. The number of nitrogens with one attached hydrogen (secondary N) is 1. The Morgan fingerprint density at radius 2 is 2.16 bits per heavy atom. The first-order valence-electron chi connectivity index (χ1n) is 5.32. The molecular formula is C12H7ClFN3O2. The monoisotopic (exact) mass is 279 g/mol. The van der Waals surface area contributed by atoms with Crippen LogP contribution in [0.2, 0.25) is 5.02 Å². The van der Waals surface area contributed by atoms with E-state index < -0.39 is 17.3 Å². The molecule has 0 unspecified atom stereocenters. The average molecular weight is 280 g/mol. The van der Waals surface area contributed by atoms with E-state index in [9.17, 15) is 14.3 Å². The molecule has 2 heterocycles.